The lowest BCUT2D eigenvalue weighted by Gasteiger charge is -2.44. The molecule has 2 aromatic rings. The standard InChI is InChI=1S/C30H44N4O9SSi/c1-19-15-33(26(36)34(24(19)35)27(37)42-28(2,3)4)25-23(43-45(8,9)29(5,6)7)30(21(31)18-44(38,39)32-30)22(41-25)17-40-16-20-13-11-10-12-14-20/h10-15,18,22-23,25,32H,16-17,31H2,1-9H3/t22-,23+,25-,30-/m1/s1. The van der Waals surface area contributed by atoms with Gasteiger partial charge in [-0.3, -0.25) is 9.36 Å². The van der Waals surface area contributed by atoms with Crippen LogP contribution in [0.5, 0.6) is 0 Å². The quantitative estimate of drug-likeness (QED) is 0.420. The molecule has 1 fully saturated rings. The van der Waals surface area contributed by atoms with Crippen LogP contribution in [0.15, 0.2) is 57.2 Å². The highest BCUT2D eigenvalue weighted by molar-refractivity contribution is 7.92. The minimum atomic E-state index is -4.05. The van der Waals surface area contributed by atoms with E-state index in [9.17, 15) is 22.8 Å². The van der Waals surface area contributed by atoms with Crippen molar-refractivity contribution >= 4 is 24.4 Å². The van der Waals surface area contributed by atoms with E-state index in [1.807, 2.05) is 64.2 Å². The Hall–Kier alpha value is -3.08. The van der Waals surface area contributed by atoms with Gasteiger partial charge in [-0.15, -0.1) is 0 Å². The monoisotopic (exact) mass is 664 g/mol. The maximum absolute atomic E-state index is 14.0. The Balaban J connectivity index is 1.90. The van der Waals surface area contributed by atoms with Gasteiger partial charge in [-0.05, 0) is 51.4 Å². The molecule has 4 atom stereocenters. The van der Waals surface area contributed by atoms with Gasteiger partial charge in [-0.2, -0.15) is 9.29 Å². The number of aryl methyl sites for hydroxylation is 1. The molecule has 0 bridgehead atoms. The maximum Gasteiger partial charge on any atom is 0.425 e. The highest BCUT2D eigenvalue weighted by Gasteiger charge is 2.65. The number of nitrogens with zero attached hydrogens (tertiary/aromatic N) is 2. The third kappa shape index (κ3) is 6.88. The second-order valence-corrected chi connectivity index (χ2v) is 20.3. The molecule has 45 heavy (non-hydrogen) atoms. The molecule has 3 N–H and O–H groups in total. The van der Waals surface area contributed by atoms with Crippen LogP contribution in [0.2, 0.25) is 18.1 Å². The zero-order valence-corrected chi connectivity index (χ0v) is 29.1. The Bertz CT molecular complexity index is 1710. The molecule has 4 rings (SSSR count). The van der Waals surface area contributed by atoms with Crippen LogP contribution in [-0.4, -0.2) is 61.9 Å². The molecular weight excluding hydrogens is 621 g/mol. The second-order valence-electron chi connectivity index (χ2n) is 14.0. The molecule has 1 saturated heterocycles. The fourth-order valence-electron chi connectivity index (χ4n) is 5.05. The lowest BCUT2D eigenvalue weighted by atomic mass is 9.86. The summed E-state index contributed by atoms with van der Waals surface area (Å²) in [6.07, 6.45) is -3.52. The first-order valence-corrected chi connectivity index (χ1v) is 19.1. The largest absolute Gasteiger partial charge is 0.443 e. The number of carbonyl (C=O) groups excluding carboxylic acids is 1. The Labute approximate surface area is 264 Å². The SMILES string of the molecule is Cc1cn([C@@H]2O[C@H](COCc3ccccc3)[C@@]3(NS(=O)(=O)C=C3N)[C@H]2O[Si](C)(C)C(C)(C)C)c(=O)n(C(=O)OC(C)(C)C)c1=O. The van der Waals surface area contributed by atoms with E-state index in [4.69, 9.17) is 24.4 Å². The van der Waals surface area contributed by atoms with Crippen LogP contribution >= 0.6 is 0 Å². The van der Waals surface area contributed by atoms with Crippen LogP contribution in [0.1, 0.15) is 58.9 Å². The summed E-state index contributed by atoms with van der Waals surface area (Å²) in [5, 5.41) is 0.563. The zero-order chi connectivity index (χ0) is 33.8. The number of ether oxygens (including phenoxy) is 3. The maximum atomic E-state index is 14.0. The average molecular weight is 665 g/mol. The molecule has 1 aromatic heterocycles. The van der Waals surface area contributed by atoms with Crippen molar-refractivity contribution in [1.29, 1.82) is 0 Å². The molecule has 0 saturated carbocycles. The lowest BCUT2D eigenvalue weighted by Crippen LogP contribution is -2.64. The number of benzene rings is 1. The highest BCUT2D eigenvalue weighted by atomic mass is 32.2. The normalized spacial score (nSPS) is 25.0. The van der Waals surface area contributed by atoms with Crippen molar-refractivity contribution in [3.8, 4) is 0 Å². The number of aromatic nitrogens is 2. The summed E-state index contributed by atoms with van der Waals surface area (Å²) >= 11 is 0. The van der Waals surface area contributed by atoms with Crippen LogP contribution < -0.4 is 21.7 Å². The van der Waals surface area contributed by atoms with Crippen LogP contribution in [0.3, 0.4) is 0 Å². The predicted octanol–water partition coefficient (Wildman–Crippen LogP) is 3.08. The third-order valence-electron chi connectivity index (χ3n) is 8.33. The third-order valence-corrected chi connectivity index (χ3v) is 14.0. The van der Waals surface area contributed by atoms with Crippen LogP contribution in [-0.2, 0) is 35.3 Å². The second kappa shape index (κ2) is 11.9. The zero-order valence-electron chi connectivity index (χ0n) is 27.2. The first-order chi connectivity index (χ1) is 20.6. The molecule has 2 aliphatic rings. The van der Waals surface area contributed by atoms with Crippen molar-refractivity contribution in [1.82, 2.24) is 13.9 Å². The van der Waals surface area contributed by atoms with Crippen molar-refractivity contribution in [2.75, 3.05) is 6.61 Å². The van der Waals surface area contributed by atoms with Gasteiger partial charge >= 0.3 is 11.8 Å². The Kier molecular flexibility index (Phi) is 9.22. The van der Waals surface area contributed by atoms with Crippen LogP contribution in [0, 0.1) is 6.92 Å². The topological polar surface area (TPSA) is 170 Å². The van der Waals surface area contributed by atoms with E-state index in [1.54, 1.807) is 20.8 Å². The van der Waals surface area contributed by atoms with E-state index < -0.39 is 65.3 Å². The van der Waals surface area contributed by atoms with E-state index in [-0.39, 0.29) is 29.5 Å². The number of nitrogens with two attached hydrogens (primary N) is 1. The number of carbonyl (C=O) groups is 1. The molecule has 15 heteroatoms. The summed E-state index contributed by atoms with van der Waals surface area (Å²) in [7, 11) is -6.80. The molecule has 0 aliphatic carbocycles. The summed E-state index contributed by atoms with van der Waals surface area (Å²) in [6.45, 7) is 16.3. The summed E-state index contributed by atoms with van der Waals surface area (Å²) in [5.41, 5.74) is 2.79. The molecule has 3 heterocycles. The van der Waals surface area contributed by atoms with Gasteiger partial charge in [0.25, 0.3) is 5.56 Å². The van der Waals surface area contributed by atoms with Gasteiger partial charge in [0.15, 0.2) is 14.5 Å². The van der Waals surface area contributed by atoms with Crippen LogP contribution in [0.4, 0.5) is 4.79 Å². The van der Waals surface area contributed by atoms with Crippen molar-refractivity contribution in [2.24, 2.45) is 5.73 Å². The van der Waals surface area contributed by atoms with E-state index in [1.165, 1.54) is 13.1 Å². The highest BCUT2D eigenvalue weighted by Crippen LogP contribution is 2.49. The van der Waals surface area contributed by atoms with Crippen molar-refractivity contribution in [3.05, 3.63) is 79.6 Å². The first kappa shape index (κ1) is 34.8. The number of nitrogens with one attached hydrogen (secondary N) is 1. The predicted molar refractivity (Wildman–Crippen MR) is 170 cm³/mol. The van der Waals surface area contributed by atoms with Gasteiger partial charge in [-0.1, -0.05) is 51.1 Å². The molecule has 1 aromatic carbocycles. The Morgan fingerprint density at radius 3 is 2.27 bits per heavy atom. The van der Waals surface area contributed by atoms with Gasteiger partial charge in [0.1, 0.15) is 23.3 Å². The molecule has 2 aliphatic heterocycles. The molecule has 248 valence electrons. The summed E-state index contributed by atoms with van der Waals surface area (Å²) in [6, 6.07) is 9.37. The van der Waals surface area contributed by atoms with Crippen molar-refractivity contribution in [3.63, 3.8) is 0 Å². The van der Waals surface area contributed by atoms with Crippen molar-refractivity contribution < 1.29 is 31.8 Å². The Morgan fingerprint density at radius 1 is 1.11 bits per heavy atom. The van der Waals surface area contributed by atoms with Gasteiger partial charge in [0.2, 0.25) is 10.0 Å². The van der Waals surface area contributed by atoms with Crippen molar-refractivity contribution in [2.45, 2.75) is 103 Å². The Morgan fingerprint density at radius 2 is 1.73 bits per heavy atom. The number of hydrogen-bond donors (Lipinski definition) is 2. The lowest BCUT2D eigenvalue weighted by molar-refractivity contribution is -0.0668. The summed E-state index contributed by atoms with van der Waals surface area (Å²) < 4.78 is 55.0. The van der Waals surface area contributed by atoms with Crippen LogP contribution in [0.25, 0.3) is 0 Å². The molecule has 0 radical (unpaired) electrons. The first-order valence-electron chi connectivity index (χ1n) is 14.6. The van der Waals surface area contributed by atoms with E-state index in [2.05, 4.69) is 4.72 Å². The molecule has 1 spiro atoms. The molecule has 0 unspecified atom stereocenters. The fraction of sp³-hybridized carbons (Fsp3) is 0.567. The smallest absolute Gasteiger partial charge is 0.425 e. The van der Waals surface area contributed by atoms with Gasteiger partial charge in [0, 0.05) is 17.5 Å². The summed E-state index contributed by atoms with van der Waals surface area (Å²) in [5.74, 6) is 0. The summed E-state index contributed by atoms with van der Waals surface area (Å²) in [4.78, 5) is 40.2. The molecule has 0 amide bonds. The minimum absolute atomic E-state index is 0.0449. The molecule has 13 nitrogen and oxygen atoms in total. The number of rotatable bonds is 7. The van der Waals surface area contributed by atoms with Gasteiger partial charge in [-0.25, -0.2) is 18.0 Å². The van der Waals surface area contributed by atoms with Gasteiger partial charge < -0.3 is 24.4 Å². The number of sulfonamides is 1. The average Bonchev–Trinajstić information content (AvgIpc) is 3.31. The minimum Gasteiger partial charge on any atom is -0.443 e. The van der Waals surface area contributed by atoms with E-state index in [0.29, 0.717) is 4.57 Å². The van der Waals surface area contributed by atoms with E-state index >= 15 is 0 Å². The van der Waals surface area contributed by atoms with Gasteiger partial charge in [0.05, 0.1) is 18.6 Å². The molecular formula is C30H44N4O9SSi. The number of hydrogen-bond acceptors (Lipinski definition) is 10. The fourth-order valence-corrected chi connectivity index (χ4v) is 7.77. The van der Waals surface area contributed by atoms with E-state index in [0.717, 1.165) is 15.5 Å².